The fourth-order valence-corrected chi connectivity index (χ4v) is 2.94. The molecule has 2 rings (SSSR count). The molecular formula is C13H12F2N2O4S. The summed E-state index contributed by atoms with van der Waals surface area (Å²) < 4.78 is 58.6. The highest BCUT2D eigenvalue weighted by atomic mass is 32.2. The second-order valence-corrected chi connectivity index (χ2v) is 5.94. The number of carbonyl (C=O) groups excluding carboxylic acids is 1. The van der Waals surface area contributed by atoms with Gasteiger partial charge in [0.1, 0.15) is 17.4 Å². The maximum Gasteiger partial charge on any atom is 0.326 e. The fraction of sp³-hybridized carbons (Fsp3) is 0.154. The first-order valence-corrected chi connectivity index (χ1v) is 7.52. The number of rotatable bonds is 5. The van der Waals surface area contributed by atoms with E-state index in [9.17, 15) is 22.0 Å². The maximum atomic E-state index is 13.9. The summed E-state index contributed by atoms with van der Waals surface area (Å²) in [6, 6.07) is 5.44. The lowest BCUT2D eigenvalue weighted by Gasteiger charge is -2.23. The van der Waals surface area contributed by atoms with E-state index in [2.05, 4.69) is 0 Å². The number of anilines is 1. The average Bonchev–Trinajstić information content (AvgIpc) is 2.88. The first-order chi connectivity index (χ1) is 10.3. The van der Waals surface area contributed by atoms with E-state index in [4.69, 9.17) is 4.42 Å². The molecule has 0 saturated carbocycles. The summed E-state index contributed by atoms with van der Waals surface area (Å²) in [7, 11) is -4.37. The number of furan rings is 1. The molecule has 0 aliphatic heterocycles. The highest BCUT2D eigenvalue weighted by Gasteiger charge is 2.27. The van der Waals surface area contributed by atoms with Crippen LogP contribution in [0.5, 0.6) is 0 Å². The van der Waals surface area contributed by atoms with Crippen molar-refractivity contribution in [3.05, 3.63) is 54.0 Å². The lowest BCUT2D eigenvalue weighted by atomic mass is 10.3. The van der Waals surface area contributed by atoms with Crippen molar-refractivity contribution in [3.63, 3.8) is 0 Å². The van der Waals surface area contributed by atoms with Crippen LogP contribution >= 0.6 is 0 Å². The van der Waals surface area contributed by atoms with Crippen LogP contribution in [0.25, 0.3) is 0 Å². The van der Waals surface area contributed by atoms with Gasteiger partial charge >= 0.3 is 10.2 Å². The molecule has 0 fully saturated rings. The van der Waals surface area contributed by atoms with E-state index in [1.165, 1.54) is 18.4 Å². The summed E-state index contributed by atoms with van der Waals surface area (Å²) in [6.07, 6.45) is 1.32. The molecule has 1 amide bonds. The zero-order valence-electron chi connectivity index (χ0n) is 11.4. The maximum absolute atomic E-state index is 13.9. The predicted octanol–water partition coefficient (Wildman–Crippen LogP) is 1.95. The Balaban J connectivity index is 2.47. The van der Waals surface area contributed by atoms with Crippen molar-refractivity contribution in [2.24, 2.45) is 0 Å². The number of amides is 1. The van der Waals surface area contributed by atoms with Gasteiger partial charge in [-0.2, -0.15) is 8.42 Å². The van der Waals surface area contributed by atoms with Crippen LogP contribution < -0.4 is 9.03 Å². The zero-order valence-corrected chi connectivity index (χ0v) is 12.2. The van der Waals surface area contributed by atoms with Gasteiger partial charge in [0.25, 0.3) is 0 Å². The van der Waals surface area contributed by atoms with Crippen LogP contribution in [0.15, 0.2) is 41.0 Å². The number of hydrogen-bond acceptors (Lipinski definition) is 4. The molecule has 0 saturated heterocycles. The van der Waals surface area contributed by atoms with Gasteiger partial charge < -0.3 is 4.42 Å². The van der Waals surface area contributed by atoms with Crippen molar-refractivity contribution in [2.75, 3.05) is 4.31 Å². The second-order valence-electron chi connectivity index (χ2n) is 4.35. The Morgan fingerprint density at radius 1 is 1.32 bits per heavy atom. The molecule has 0 aliphatic rings. The number of benzene rings is 1. The first kappa shape index (κ1) is 16.0. The van der Waals surface area contributed by atoms with Crippen LogP contribution in [0.1, 0.15) is 12.7 Å². The third-order valence-electron chi connectivity index (χ3n) is 2.62. The monoisotopic (exact) mass is 330 g/mol. The molecule has 9 heteroatoms. The van der Waals surface area contributed by atoms with Gasteiger partial charge in [0.2, 0.25) is 5.91 Å². The Bertz CT molecular complexity index is 775. The minimum absolute atomic E-state index is 0.220. The van der Waals surface area contributed by atoms with Gasteiger partial charge in [-0.3, -0.25) is 4.79 Å². The molecule has 1 aromatic heterocycles. The van der Waals surface area contributed by atoms with Crippen LogP contribution in [0.2, 0.25) is 0 Å². The van der Waals surface area contributed by atoms with Crippen molar-refractivity contribution < 1.29 is 26.4 Å². The Morgan fingerprint density at radius 2 is 2.05 bits per heavy atom. The minimum Gasteiger partial charge on any atom is -0.467 e. The van der Waals surface area contributed by atoms with Crippen LogP contribution in [0, 0.1) is 11.6 Å². The number of carbonyl (C=O) groups is 1. The smallest absolute Gasteiger partial charge is 0.326 e. The number of nitrogens with zero attached hydrogens (tertiary/aromatic N) is 1. The molecule has 0 radical (unpaired) electrons. The van der Waals surface area contributed by atoms with Crippen molar-refractivity contribution in [3.8, 4) is 0 Å². The Labute approximate surface area is 125 Å². The molecule has 0 aliphatic carbocycles. The largest absolute Gasteiger partial charge is 0.467 e. The van der Waals surface area contributed by atoms with Gasteiger partial charge in [0, 0.05) is 13.0 Å². The van der Waals surface area contributed by atoms with Gasteiger partial charge in [-0.15, -0.1) is 0 Å². The van der Waals surface area contributed by atoms with Gasteiger partial charge in [0.05, 0.1) is 18.5 Å². The predicted molar refractivity (Wildman–Crippen MR) is 74.0 cm³/mol. The number of halogens is 2. The molecule has 0 atom stereocenters. The van der Waals surface area contributed by atoms with Crippen LogP contribution in [0.3, 0.4) is 0 Å². The van der Waals surface area contributed by atoms with E-state index in [0.29, 0.717) is 10.4 Å². The van der Waals surface area contributed by atoms with Crippen molar-refractivity contribution in [1.82, 2.24) is 4.72 Å². The zero-order chi connectivity index (χ0) is 16.3. The summed E-state index contributed by atoms with van der Waals surface area (Å²) in [5, 5.41) is 0. The van der Waals surface area contributed by atoms with Crippen LogP contribution in [0.4, 0.5) is 14.5 Å². The van der Waals surface area contributed by atoms with Gasteiger partial charge in [-0.1, -0.05) is 0 Å². The first-order valence-electron chi connectivity index (χ1n) is 6.08. The standard InChI is InChI=1S/C13H12F2N2O4S/c1-9(18)16-22(19,20)17(8-11-3-2-6-21-11)13-5-4-10(14)7-12(13)15/h2-7H,8H2,1H3,(H,16,18). The molecule has 118 valence electrons. The van der Waals surface area contributed by atoms with Crippen molar-refractivity contribution in [2.45, 2.75) is 13.5 Å². The quantitative estimate of drug-likeness (QED) is 0.909. The van der Waals surface area contributed by atoms with E-state index in [1.807, 2.05) is 0 Å². The molecule has 1 N–H and O–H groups in total. The second kappa shape index (κ2) is 6.14. The topological polar surface area (TPSA) is 79.6 Å². The normalized spacial score (nSPS) is 11.2. The van der Waals surface area contributed by atoms with Crippen LogP contribution in [-0.4, -0.2) is 14.3 Å². The average molecular weight is 330 g/mol. The van der Waals surface area contributed by atoms with Gasteiger partial charge in [-0.05, 0) is 24.3 Å². The number of hydrogen-bond donors (Lipinski definition) is 1. The van der Waals surface area contributed by atoms with E-state index in [1.54, 1.807) is 4.72 Å². The molecule has 0 unspecified atom stereocenters. The molecule has 22 heavy (non-hydrogen) atoms. The summed E-state index contributed by atoms with van der Waals surface area (Å²) >= 11 is 0. The third-order valence-corrected chi connectivity index (χ3v) is 4.07. The fourth-order valence-electron chi connectivity index (χ4n) is 1.76. The minimum atomic E-state index is -4.37. The summed E-state index contributed by atoms with van der Waals surface area (Å²) in [5.74, 6) is -2.55. The molecule has 1 aromatic carbocycles. The SMILES string of the molecule is CC(=O)NS(=O)(=O)N(Cc1ccco1)c1ccc(F)cc1F. The van der Waals surface area contributed by atoms with Crippen molar-refractivity contribution in [1.29, 1.82) is 0 Å². The molecular weight excluding hydrogens is 318 g/mol. The van der Waals surface area contributed by atoms with E-state index < -0.39 is 33.4 Å². The van der Waals surface area contributed by atoms with E-state index in [0.717, 1.165) is 19.1 Å². The summed E-state index contributed by atoms with van der Waals surface area (Å²) in [5.41, 5.74) is -0.411. The Hall–Kier alpha value is -2.42. The Morgan fingerprint density at radius 3 is 2.59 bits per heavy atom. The number of nitrogens with one attached hydrogen (secondary N) is 1. The van der Waals surface area contributed by atoms with E-state index >= 15 is 0 Å². The van der Waals surface area contributed by atoms with Crippen LogP contribution in [-0.2, 0) is 21.5 Å². The molecule has 2 aromatic rings. The van der Waals surface area contributed by atoms with E-state index in [-0.39, 0.29) is 12.3 Å². The lowest BCUT2D eigenvalue weighted by molar-refractivity contribution is -0.117. The Kier molecular flexibility index (Phi) is 4.45. The molecule has 0 spiro atoms. The molecule has 1 heterocycles. The summed E-state index contributed by atoms with van der Waals surface area (Å²) in [4.78, 5) is 11.0. The third kappa shape index (κ3) is 3.61. The lowest BCUT2D eigenvalue weighted by Crippen LogP contribution is -2.42. The summed E-state index contributed by atoms with van der Waals surface area (Å²) in [6.45, 7) is 0.641. The molecule has 6 nitrogen and oxygen atoms in total. The highest BCUT2D eigenvalue weighted by Crippen LogP contribution is 2.24. The van der Waals surface area contributed by atoms with Gasteiger partial charge in [-0.25, -0.2) is 17.8 Å². The van der Waals surface area contributed by atoms with Gasteiger partial charge in [0.15, 0.2) is 0 Å². The molecule has 0 bridgehead atoms. The van der Waals surface area contributed by atoms with Crippen molar-refractivity contribution >= 4 is 21.8 Å². The highest BCUT2D eigenvalue weighted by molar-refractivity contribution is 7.91.